The molecule has 0 aromatic rings. The van der Waals surface area contributed by atoms with Crippen LogP contribution in [0.25, 0.3) is 0 Å². The first-order valence-corrected chi connectivity index (χ1v) is 4.44. The Morgan fingerprint density at radius 2 is 1.60 bits per heavy atom. The van der Waals surface area contributed by atoms with Crippen LogP contribution in [0.1, 0.15) is 20.3 Å². The van der Waals surface area contributed by atoms with Crippen LogP contribution in [-0.2, 0) is 18.8 Å². The molecule has 60 valence electrons. The normalized spacial score (nSPS) is 39.4. The van der Waals surface area contributed by atoms with E-state index in [9.17, 15) is 8.42 Å². The fourth-order valence-electron chi connectivity index (χ4n) is 0.971. The van der Waals surface area contributed by atoms with E-state index in [0.717, 1.165) is 0 Å². The van der Waals surface area contributed by atoms with Crippen LogP contribution in [0.15, 0.2) is 0 Å². The van der Waals surface area contributed by atoms with Gasteiger partial charge in [-0.05, 0) is 13.8 Å². The summed E-state index contributed by atoms with van der Waals surface area (Å²) in [4.78, 5) is 0. The van der Waals surface area contributed by atoms with Gasteiger partial charge in [-0.25, -0.2) is 8.37 Å². The van der Waals surface area contributed by atoms with Crippen molar-refractivity contribution in [1.82, 2.24) is 0 Å². The van der Waals surface area contributed by atoms with Gasteiger partial charge in [-0.3, -0.25) is 0 Å². The molecule has 0 spiro atoms. The third-order valence-electron chi connectivity index (χ3n) is 1.23. The van der Waals surface area contributed by atoms with Crippen LogP contribution in [0.5, 0.6) is 0 Å². The Labute approximate surface area is 60.5 Å². The second-order valence-corrected chi connectivity index (χ2v) is 3.66. The molecule has 0 bridgehead atoms. The van der Waals surface area contributed by atoms with Gasteiger partial charge in [0.25, 0.3) is 0 Å². The van der Waals surface area contributed by atoms with Gasteiger partial charge in [0.05, 0.1) is 12.2 Å². The summed E-state index contributed by atoms with van der Waals surface area (Å²) in [7, 11) is -3.68. The Morgan fingerprint density at radius 3 is 1.90 bits per heavy atom. The van der Waals surface area contributed by atoms with Crippen LogP contribution in [-0.4, -0.2) is 20.6 Å². The van der Waals surface area contributed by atoms with Crippen molar-refractivity contribution in [3.63, 3.8) is 0 Å². The van der Waals surface area contributed by atoms with Crippen molar-refractivity contribution in [2.45, 2.75) is 32.5 Å². The fourth-order valence-corrected chi connectivity index (χ4v) is 1.98. The lowest BCUT2D eigenvalue weighted by molar-refractivity contribution is 0.0586. The van der Waals surface area contributed by atoms with Crippen LogP contribution >= 0.6 is 0 Å². The van der Waals surface area contributed by atoms with Crippen LogP contribution in [0.4, 0.5) is 0 Å². The summed E-state index contributed by atoms with van der Waals surface area (Å²) in [5, 5.41) is 0. The van der Waals surface area contributed by atoms with E-state index in [-0.39, 0.29) is 12.2 Å². The first-order chi connectivity index (χ1) is 4.49. The SMILES string of the molecule is C[C@H]1C[C@H](C)OS(=O)(=O)O1. The van der Waals surface area contributed by atoms with E-state index in [4.69, 9.17) is 0 Å². The minimum atomic E-state index is -3.68. The smallest absolute Gasteiger partial charge is 0.245 e. The zero-order chi connectivity index (χ0) is 7.78. The first-order valence-electron chi connectivity index (χ1n) is 3.11. The zero-order valence-electron chi connectivity index (χ0n) is 5.90. The summed E-state index contributed by atoms with van der Waals surface area (Å²) in [5.74, 6) is 0. The molecule has 0 aromatic heterocycles. The molecule has 4 nitrogen and oxygen atoms in total. The van der Waals surface area contributed by atoms with Gasteiger partial charge in [0.15, 0.2) is 0 Å². The summed E-state index contributed by atoms with van der Waals surface area (Å²) < 4.78 is 30.2. The highest BCUT2D eigenvalue weighted by atomic mass is 32.3. The average molecular weight is 166 g/mol. The van der Waals surface area contributed by atoms with Crippen LogP contribution in [0, 0.1) is 0 Å². The van der Waals surface area contributed by atoms with Gasteiger partial charge >= 0.3 is 10.4 Å². The van der Waals surface area contributed by atoms with Gasteiger partial charge in [0.2, 0.25) is 0 Å². The highest BCUT2D eigenvalue weighted by Gasteiger charge is 2.27. The van der Waals surface area contributed by atoms with Crippen LogP contribution in [0.3, 0.4) is 0 Å². The molecule has 1 fully saturated rings. The Kier molecular flexibility index (Phi) is 1.98. The Hall–Kier alpha value is -0.130. The van der Waals surface area contributed by atoms with E-state index in [1.165, 1.54) is 0 Å². The number of hydrogen-bond acceptors (Lipinski definition) is 4. The molecule has 0 N–H and O–H groups in total. The van der Waals surface area contributed by atoms with Gasteiger partial charge < -0.3 is 0 Å². The van der Waals surface area contributed by atoms with Gasteiger partial charge in [0.1, 0.15) is 0 Å². The molecule has 2 atom stereocenters. The number of hydrogen-bond donors (Lipinski definition) is 0. The predicted molar refractivity (Wildman–Crippen MR) is 34.6 cm³/mol. The third kappa shape index (κ3) is 1.93. The predicted octanol–water partition coefficient (Wildman–Crippen LogP) is 0.445. The lowest BCUT2D eigenvalue weighted by Crippen LogP contribution is -2.31. The highest BCUT2D eigenvalue weighted by molar-refractivity contribution is 7.81. The lowest BCUT2D eigenvalue weighted by atomic mass is 10.2. The second kappa shape index (κ2) is 2.48. The Morgan fingerprint density at radius 1 is 1.20 bits per heavy atom. The molecule has 0 aliphatic carbocycles. The molecule has 0 radical (unpaired) electrons. The third-order valence-corrected chi connectivity index (χ3v) is 2.36. The standard InChI is InChI=1S/C5H10O4S/c1-4-3-5(2)9-10(6,7)8-4/h4-5H,3H2,1-2H3/t4-,5-/m0/s1. The van der Waals surface area contributed by atoms with Crippen LogP contribution < -0.4 is 0 Å². The van der Waals surface area contributed by atoms with E-state index in [1.54, 1.807) is 13.8 Å². The van der Waals surface area contributed by atoms with Crippen molar-refractivity contribution < 1.29 is 16.8 Å². The van der Waals surface area contributed by atoms with Gasteiger partial charge in [-0.15, -0.1) is 0 Å². The van der Waals surface area contributed by atoms with Crippen molar-refractivity contribution in [1.29, 1.82) is 0 Å². The summed E-state index contributed by atoms with van der Waals surface area (Å²) in [5.41, 5.74) is 0. The van der Waals surface area contributed by atoms with Crippen LogP contribution in [0.2, 0.25) is 0 Å². The van der Waals surface area contributed by atoms with Gasteiger partial charge in [0, 0.05) is 6.42 Å². The molecule has 0 aromatic carbocycles. The quantitative estimate of drug-likeness (QED) is 0.524. The van der Waals surface area contributed by atoms with E-state index in [0.29, 0.717) is 6.42 Å². The maximum Gasteiger partial charge on any atom is 0.400 e. The Balaban J connectivity index is 2.69. The van der Waals surface area contributed by atoms with E-state index >= 15 is 0 Å². The zero-order valence-corrected chi connectivity index (χ0v) is 6.72. The maximum absolute atomic E-state index is 10.6. The molecular formula is C5H10O4S. The van der Waals surface area contributed by atoms with Crippen molar-refractivity contribution in [3.05, 3.63) is 0 Å². The lowest BCUT2D eigenvalue weighted by Gasteiger charge is -2.23. The molecule has 1 aliphatic heterocycles. The van der Waals surface area contributed by atoms with Crippen molar-refractivity contribution in [2.75, 3.05) is 0 Å². The highest BCUT2D eigenvalue weighted by Crippen LogP contribution is 2.18. The Bertz CT molecular complexity index is 192. The second-order valence-electron chi connectivity index (χ2n) is 2.46. The van der Waals surface area contributed by atoms with Gasteiger partial charge in [-0.1, -0.05) is 0 Å². The van der Waals surface area contributed by atoms with E-state index < -0.39 is 10.4 Å². The molecule has 10 heavy (non-hydrogen) atoms. The molecular weight excluding hydrogens is 156 g/mol. The maximum atomic E-state index is 10.6. The molecule has 1 rings (SSSR count). The first kappa shape index (κ1) is 7.97. The van der Waals surface area contributed by atoms with E-state index in [1.807, 2.05) is 0 Å². The van der Waals surface area contributed by atoms with Crippen molar-refractivity contribution in [3.8, 4) is 0 Å². The van der Waals surface area contributed by atoms with Crippen molar-refractivity contribution >= 4 is 10.4 Å². The molecule has 5 heteroatoms. The van der Waals surface area contributed by atoms with E-state index in [2.05, 4.69) is 8.37 Å². The monoisotopic (exact) mass is 166 g/mol. The molecule has 1 heterocycles. The van der Waals surface area contributed by atoms with Crippen molar-refractivity contribution in [2.24, 2.45) is 0 Å². The topological polar surface area (TPSA) is 52.6 Å². The fraction of sp³-hybridized carbons (Fsp3) is 1.00. The van der Waals surface area contributed by atoms with Gasteiger partial charge in [-0.2, -0.15) is 8.42 Å². The molecule has 1 aliphatic rings. The largest absolute Gasteiger partial charge is 0.400 e. The summed E-state index contributed by atoms with van der Waals surface area (Å²) in [6.07, 6.45) is 0.113. The molecule has 0 saturated carbocycles. The summed E-state index contributed by atoms with van der Waals surface area (Å²) in [6, 6.07) is 0. The molecule has 1 saturated heterocycles. The average Bonchev–Trinajstić information content (AvgIpc) is 1.54. The summed E-state index contributed by atoms with van der Waals surface area (Å²) >= 11 is 0. The summed E-state index contributed by atoms with van der Waals surface area (Å²) in [6.45, 7) is 3.41. The minimum absolute atomic E-state index is 0.256. The number of rotatable bonds is 0. The molecule has 0 unspecified atom stereocenters. The molecule has 0 amide bonds. The minimum Gasteiger partial charge on any atom is -0.245 e.